The maximum atomic E-state index is 11.8. The first kappa shape index (κ1) is 11.2. The lowest BCUT2D eigenvalue weighted by atomic mass is 10.2. The van der Waals surface area contributed by atoms with Crippen LogP contribution in [0.4, 0.5) is 5.69 Å². The molecule has 0 atom stereocenters. The maximum Gasteiger partial charge on any atom is 0.294 e. The Kier molecular flexibility index (Phi) is 2.82. The van der Waals surface area contributed by atoms with Crippen molar-refractivity contribution in [2.24, 2.45) is 0 Å². The summed E-state index contributed by atoms with van der Waals surface area (Å²) in [6.07, 6.45) is 1.47. The van der Waals surface area contributed by atoms with Crippen LogP contribution in [-0.4, -0.2) is 16.2 Å². The molecule has 0 spiro atoms. The van der Waals surface area contributed by atoms with Gasteiger partial charge in [-0.25, -0.2) is 0 Å². The molecule has 0 saturated heterocycles. The maximum absolute atomic E-state index is 11.8. The largest absolute Gasteiger partial charge is 0.508 e. The van der Waals surface area contributed by atoms with Gasteiger partial charge < -0.3 is 14.9 Å². The molecule has 0 aliphatic carbocycles. The number of rotatable bonds is 2. The Morgan fingerprint density at radius 2 is 2.12 bits per heavy atom. The average Bonchev–Trinajstić information content (AvgIpc) is 2.70. The van der Waals surface area contributed by atoms with E-state index in [0.717, 1.165) is 5.56 Å². The highest BCUT2D eigenvalue weighted by Crippen LogP contribution is 2.21. The summed E-state index contributed by atoms with van der Waals surface area (Å²) in [5.41, 5.74) is 1.92. The molecule has 0 fully saturated rings. The molecular weight excluding hydrogens is 220 g/mol. The van der Waals surface area contributed by atoms with E-state index in [1.807, 2.05) is 0 Å². The Bertz CT molecular complexity index is 561. The molecule has 2 rings (SSSR count). The number of aromatic nitrogens is 1. The van der Waals surface area contributed by atoms with Crippen molar-refractivity contribution in [2.45, 2.75) is 13.8 Å². The van der Waals surface area contributed by atoms with Gasteiger partial charge in [-0.15, -0.1) is 0 Å². The fraction of sp³-hybridized carbons (Fsp3) is 0.167. The number of phenols is 1. The number of nitrogens with one attached hydrogen (secondary N) is 1. The van der Waals surface area contributed by atoms with E-state index >= 15 is 0 Å². The van der Waals surface area contributed by atoms with Crippen LogP contribution in [0.3, 0.4) is 0 Å². The van der Waals surface area contributed by atoms with Crippen LogP contribution in [0, 0.1) is 13.8 Å². The zero-order valence-electron chi connectivity index (χ0n) is 9.52. The second-order valence-corrected chi connectivity index (χ2v) is 3.79. The first-order valence-electron chi connectivity index (χ1n) is 5.10. The lowest BCUT2D eigenvalue weighted by Gasteiger charge is -2.05. The van der Waals surface area contributed by atoms with Crippen molar-refractivity contribution in [1.29, 1.82) is 0 Å². The molecule has 2 aromatic rings. The molecule has 0 radical (unpaired) electrons. The third-order valence-corrected chi connectivity index (χ3v) is 2.42. The van der Waals surface area contributed by atoms with Gasteiger partial charge >= 0.3 is 0 Å². The molecule has 88 valence electrons. The molecule has 0 bridgehead atoms. The van der Waals surface area contributed by atoms with Gasteiger partial charge in [0.15, 0.2) is 0 Å². The fourth-order valence-electron chi connectivity index (χ4n) is 1.38. The highest BCUT2D eigenvalue weighted by Gasteiger charge is 2.14. The molecule has 5 nitrogen and oxygen atoms in total. The number of phenolic OH excluding ortho intramolecular Hbond substituents is 1. The molecule has 5 heteroatoms. The molecule has 17 heavy (non-hydrogen) atoms. The van der Waals surface area contributed by atoms with E-state index in [0.29, 0.717) is 11.3 Å². The van der Waals surface area contributed by atoms with Crippen molar-refractivity contribution in [3.8, 4) is 5.75 Å². The van der Waals surface area contributed by atoms with Gasteiger partial charge in [-0.05, 0) is 25.5 Å². The summed E-state index contributed by atoms with van der Waals surface area (Å²) < 4.78 is 4.83. The lowest BCUT2D eigenvalue weighted by molar-refractivity contribution is 0.0987. The van der Waals surface area contributed by atoms with Crippen molar-refractivity contribution in [2.75, 3.05) is 5.32 Å². The predicted octanol–water partition coefficient (Wildman–Crippen LogP) is 2.25. The SMILES string of the molecule is Cc1ccc(NC(=O)c2oncc2C)cc1O. The van der Waals surface area contributed by atoms with E-state index in [1.165, 1.54) is 12.3 Å². The van der Waals surface area contributed by atoms with E-state index in [9.17, 15) is 9.90 Å². The summed E-state index contributed by atoms with van der Waals surface area (Å²) >= 11 is 0. The number of hydrogen-bond donors (Lipinski definition) is 2. The first-order chi connectivity index (χ1) is 8.08. The summed E-state index contributed by atoms with van der Waals surface area (Å²) in [4.78, 5) is 11.8. The van der Waals surface area contributed by atoms with Gasteiger partial charge in [-0.3, -0.25) is 4.79 Å². The number of hydrogen-bond acceptors (Lipinski definition) is 4. The average molecular weight is 232 g/mol. The topological polar surface area (TPSA) is 75.4 Å². The highest BCUT2D eigenvalue weighted by molar-refractivity contribution is 6.03. The van der Waals surface area contributed by atoms with Crippen LogP contribution < -0.4 is 5.32 Å². The minimum Gasteiger partial charge on any atom is -0.508 e. The zero-order chi connectivity index (χ0) is 12.4. The number of carbonyl (C=O) groups excluding carboxylic acids is 1. The Labute approximate surface area is 98.1 Å². The normalized spacial score (nSPS) is 10.2. The third kappa shape index (κ3) is 2.28. The zero-order valence-corrected chi connectivity index (χ0v) is 9.52. The first-order valence-corrected chi connectivity index (χ1v) is 5.10. The molecule has 2 N–H and O–H groups in total. The standard InChI is InChI=1S/C12H12N2O3/c1-7-3-4-9(5-10(7)15)14-12(16)11-8(2)6-13-17-11/h3-6,15H,1-2H3,(H,14,16). The number of nitrogens with zero attached hydrogens (tertiary/aromatic N) is 1. The summed E-state index contributed by atoms with van der Waals surface area (Å²) in [6, 6.07) is 4.91. The van der Waals surface area contributed by atoms with Gasteiger partial charge in [0.1, 0.15) is 5.75 Å². The quantitative estimate of drug-likeness (QED) is 0.832. The number of anilines is 1. The van der Waals surface area contributed by atoms with Gasteiger partial charge in [0, 0.05) is 17.3 Å². The van der Waals surface area contributed by atoms with Crippen molar-refractivity contribution in [3.05, 3.63) is 41.3 Å². The van der Waals surface area contributed by atoms with E-state index in [2.05, 4.69) is 10.5 Å². The molecule has 1 amide bonds. The van der Waals surface area contributed by atoms with Gasteiger partial charge in [0.2, 0.25) is 5.76 Å². The van der Waals surface area contributed by atoms with E-state index in [1.54, 1.807) is 26.0 Å². The number of amides is 1. The van der Waals surface area contributed by atoms with E-state index in [-0.39, 0.29) is 17.4 Å². The van der Waals surface area contributed by atoms with Crippen LogP contribution in [0.25, 0.3) is 0 Å². The van der Waals surface area contributed by atoms with E-state index in [4.69, 9.17) is 4.52 Å². The summed E-state index contributed by atoms with van der Waals surface area (Å²) in [7, 11) is 0. The van der Waals surface area contributed by atoms with Crippen LogP contribution in [-0.2, 0) is 0 Å². The lowest BCUT2D eigenvalue weighted by Crippen LogP contribution is -2.12. The van der Waals surface area contributed by atoms with Crippen LogP contribution in [0.2, 0.25) is 0 Å². The molecule has 0 aliphatic heterocycles. The minimum absolute atomic E-state index is 0.136. The summed E-state index contributed by atoms with van der Waals surface area (Å²) in [6.45, 7) is 3.51. The second-order valence-electron chi connectivity index (χ2n) is 3.79. The highest BCUT2D eigenvalue weighted by atomic mass is 16.5. The van der Waals surface area contributed by atoms with Crippen LogP contribution in [0.1, 0.15) is 21.7 Å². The van der Waals surface area contributed by atoms with Gasteiger partial charge in [0.25, 0.3) is 5.91 Å². The summed E-state index contributed by atoms with van der Waals surface area (Å²) in [5, 5.41) is 15.7. The predicted molar refractivity (Wildman–Crippen MR) is 62.0 cm³/mol. The molecule has 1 aromatic heterocycles. The molecule has 0 unspecified atom stereocenters. The van der Waals surface area contributed by atoms with Crippen molar-refractivity contribution < 1.29 is 14.4 Å². The Balaban J connectivity index is 2.19. The molecule has 1 aromatic carbocycles. The Hall–Kier alpha value is -2.30. The number of aryl methyl sites for hydroxylation is 2. The summed E-state index contributed by atoms with van der Waals surface area (Å²) in [5.74, 6) is -0.0783. The van der Waals surface area contributed by atoms with Crippen molar-refractivity contribution in [3.63, 3.8) is 0 Å². The van der Waals surface area contributed by atoms with Crippen LogP contribution in [0.5, 0.6) is 5.75 Å². The van der Waals surface area contributed by atoms with Gasteiger partial charge in [-0.1, -0.05) is 11.2 Å². The number of benzene rings is 1. The number of carbonyl (C=O) groups is 1. The molecule has 0 aliphatic rings. The molecular formula is C12H12N2O3. The minimum atomic E-state index is -0.386. The van der Waals surface area contributed by atoms with Crippen LogP contribution >= 0.6 is 0 Å². The second kappa shape index (κ2) is 4.29. The smallest absolute Gasteiger partial charge is 0.294 e. The van der Waals surface area contributed by atoms with E-state index < -0.39 is 0 Å². The number of aromatic hydroxyl groups is 1. The van der Waals surface area contributed by atoms with Crippen molar-refractivity contribution >= 4 is 11.6 Å². The van der Waals surface area contributed by atoms with Gasteiger partial charge in [-0.2, -0.15) is 0 Å². The Morgan fingerprint density at radius 1 is 1.35 bits per heavy atom. The third-order valence-electron chi connectivity index (χ3n) is 2.42. The van der Waals surface area contributed by atoms with Crippen LogP contribution in [0.15, 0.2) is 28.9 Å². The fourth-order valence-corrected chi connectivity index (χ4v) is 1.38. The monoisotopic (exact) mass is 232 g/mol. The van der Waals surface area contributed by atoms with Gasteiger partial charge in [0.05, 0.1) is 6.20 Å². The molecule has 1 heterocycles. The Morgan fingerprint density at radius 3 is 2.71 bits per heavy atom. The van der Waals surface area contributed by atoms with Crippen molar-refractivity contribution in [1.82, 2.24) is 5.16 Å². The molecule has 0 saturated carbocycles.